The molecule has 3 nitrogen and oxygen atoms in total. The highest BCUT2D eigenvalue weighted by Gasteiger charge is 2.44. The van der Waals surface area contributed by atoms with E-state index in [1.165, 1.54) is 0 Å². The third kappa shape index (κ3) is 4.26. The Hall–Kier alpha value is -0.453. The fraction of sp³-hybridized carbons (Fsp3) is 0.800. The standard InChI is InChI=1S/C15H28O3Si/c1-14(2,3)17-12-10-9-11(16)13(12)18-19(7,8)15(4,5)6/h9-10,12-13H,1-8H3/t12-,13-/m1/s1. The van der Waals surface area contributed by atoms with Gasteiger partial charge in [0.15, 0.2) is 14.1 Å². The van der Waals surface area contributed by atoms with Crippen LogP contribution in [0.2, 0.25) is 18.1 Å². The molecule has 0 saturated heterocycles. The van der Waals surface area contributed by atoms with Gasteiger partial charge >= 0.3 is 0 Å². The van der Waals surface area contributed by atoms with Crippen LogP contribution in [-0.2, 0) is 14.0 Å². The summed E-state index contributed by atoms with van der Waals surface area (Å²) in [5.41, 5.74) is -0.283. The van der Waals surface area contributed by atoms with Crippen LogP contribution < -0.4 is 0 Å². The third-order valence-corrected chi connectivity index (χ3v) is 8.20. The Morgan fingerprint density at radius 3 is 2.05 bits per heavy atom. The minimum Gasteiger partial charge on any atom is -0.404 e. The lowest BCUT2D eigenvalue weighted by atomic mass is 10.1. The quantitative estimate of drug-likeness (QED) is 0.741. The van der Waals surface area contributed by atoms with Crippen LogP contribution in [0.5, 0.6) is 0 Å². The second-order valence-corrected chi connectivity index (χ2v) is 12.5. The molecule has 0 fully saturated rings. The van der Waals surface area contributed by atoms with Gasteiger partial charge in [0, 0.05) is 0 Å². The molecule has 0 aliphatic heterocycles. The molecule has 0 aromatic rings. The average molecular weight is 284 g/mol. The first-order chi connectivity index (χ1) is 8.33. The van der Waals surface area contributed by atoms with Crippen molar-refractivity contribution in [1.29, 1.82) is 0 Å². The van der Waals surface area contributed by atoms with Gasteiger partial charge in [0.05, 0.1) is 5.60 Å². The van der Waals surface area contributed by atoms with E-state index in [0.29, 0.717) is 0 Å². The molecule has 1 aliphatic carbocycles. The Labute approximate surface area is 118 Å². The predicted molar refractivity (Wildman–Crippen MR) is 80.8 cm³/mol. The van der Waals surface area contributed by atoms with Crippen LogP contribution in [0.3, 0.4) is 0 Å². The van der Waals surface area contributed by atoms with E-state index in [0.717, 1.165) is 0 Å². The molecule has 0 heterocycles. The summed E-state index contributed by atoms with van der Waals surface area (Å²) in [6, 6.07) is 0. The van der Waals surface area contributed by atoms with Gasteiger partial charge in [-0.1, -0.05) is 20.8 Å². The molecular weight excluding hydrogens is 256 g/mol. The number of carbonyl (C=O) groups excluding carboxylic acids is 1. The van der Waals surface area contributed by atoms with Crippen LogP contribution in [0.4, 0.5) is 0 Å². The van der Waals surface area contributed by atoms with Crippen molar-refractivity contribution in [3.63, 3.8) is 0 Å². The van der Waals surface area contributed by atoms with Gasteiger partial charge in [0.1, 0.15) is 12.2 Å². The highest BCUT2D eigenvalue weighted by atomic mass is 28.4. The average Bonchev–Trinajstić information content (AvgIpc) is 2.45. The zero-order valence-corrected chi connectivity index (χ0v) is 14.5. The van der Waals surface area contributed by atoms with Crippen LogP contribution in [0.25, 0.3) is 0 Å². The summed E-state index contributed by atoms with van der Waals surface area (Å²) in [6.45, 7) is 16.8. The third-order valence-electron chi connectivity index (χ3n) is 3.75. The van der Waals surface area contributed by atoms with Crippen molar-refractivity contribution >= 4 is 14.1 Å². The number of carbonyl (C=O) groups is 1. The molecule has 2 atom stereocenters. The number of hydrogen-bond donors (Lipinski definition) is 0. The Morgan fingerprint density at radius 1 is 1.11 bits per heavy atom. The second kappa shape index (κ2) is 5.15. The van der Waals surface area contributed by atoms with Crippen molar-refractivity contribution in [2.75, 3.05) is 0 Å². The Bertz CT molecular complexity index is 372. The zero-order chi connectivity index (χ0) is 15.1. The lowest BCUT2D eigenvalue weighted by Crippen LogP contribution is -2.49. The fourth-order valence-electron chi connectivity index (χ4n) is 1.68. The summed E-state index contributed by atoms with van der Waals surface area (Å²) < 4.78 is 12.2. The number of ketones is 1. The topological polar surface area (TPSA) is 35.5 Å². The summed E-state index contributed by atoms with van der Waals surface area (Å²) in [7, 11) is -1.97. The van der Waals surface area contributed by atoms with Gasteiger partial charge in [-0.05, 0) is 51.1 Å². The SMILES string of the molecule is CC(C)(C)O[C@@H]1C=CC(=O)[C@H]1O[Si](C)(C)C(C)(C)C. The zero-order valence-electron chi connectivity index (χ0n) is 13.5. The van der Waals surface area contributed by atoms with E-state index in [1.807, 2.05) is 26.8 Å². The van der Waals surface area contributed by atoms with Crippen molar-refractivity contribution in [2.24, 2.45) is 0 Å². The van der Waals surface area contributed by atoms with E-state index in [4.69, 9.17) is 9.16 Å². The van der Waals surface area contributed by atoms with E-state index >= 15 is 0 Å². The van der Waals surface area contributed by atoms with Gasteiger partial charge in [-0.3, -0.25) is 4.79 Å². The normalized spacial score (nSPS) is 25.2. The summed E-state index contributed by atoms with van der Waals surface area (Å²) >= 11 is 0. The predicted octanol–water partition coefficient (Wildman–Crippen LogP) is 3.70. The van der Waals surface area contributed by atoms with E-state index in [2.05, 4.69) is 33.9 Å². The summed E-state index contributed by atoms with van der Waals surface area (Å²) in [5, 5.41) is 0.0855. The molecule has 0 unspecified atom stereocenters. The van der Waals surface area contributed by atoms with E-state index in [9.17, 15) is 4.79 Å². The van der Waals surface area contributed by atoms with Crippen molar-refractivity contribution in [1.82, 2.24) is 0 Å². The minimum atomic E-state index is -1.97. The van der Waals surface area contributed by atoms with Crippen LogP contribution in [0.1, 0.15) is 41.5 Å². The van der Waals surface area contributed by atoms with Crippen molar-refractivity contribution in [3.8, 4) is 0 Å². The van der Waals surface area contributed by atoms with Gasteiger partial charge in [0.2, 0.25) is 0 Å². The van der Waals surface area contributed by atoms with Gasteiger partial charge < -0.3 is 9.16 Å². The molecule has 0 amide bonds. The lowest BCUT2D eigenvalue weighted by Gasteiger charge is -2.40. The first-order valence-corrected chi connectivity index (χ1v) is 9.82. The van der Waals surface area contributed by atoms with Crippen molar-refractivity contribution in [2.45, 2.75) is 77.5 Å². The van der Waals surface area contributed by atoms with E-state index in [-0.39, 0.29) is 22.5 Å². The molecule has 0 saturated carbocycles. The summed E-state index contributed by atoms with van der Waals surface area (Å²) in [4.78, 5) is 12.0. The molecule has 0 bridgehead atoms. The van der Waals surface area contributed by atoms with Gasteiger partial charge in [0.25, 0.3) is 0 Å². The summed E-state index contributed by atoms with van der Waals surface area (Å²) in [6.07, 6.45) is 2.68. The molecule has 4 heteroatoms. The Balaban J connectivity index is 2.84. The lowest BCUT2D eigenvalue weighted by molar-refractivity contribution is -0.130. The highest BCUT2D eigenvalue weighted by Crippen LogP contribution is 2.38. The van der Waals surface area contributed by atoms with Crippen molar-refractivity contribution < 1.29 is 14.0 Å². The molecule has 0 aromatic carbocycles. The van der Waals surface area contributed by atoms with Crippen molar-refractivity contribution in [3.05, 3.63) is 12.2 Å². The molecule has 0 spiro atoms. The number of hydrogen-bond acceptors (Lipinski definition) is 3. The Kier molecular flexibility index (Phi) is 4.50. The number of rotatable bonds is 3. The maximum Gasteiger partial charge on any atom is 0.193 e. The minimum absolute atomic E-state index is 0.0269. The maximum atomic E-state index is 12.0. The molecule has 1 rings (SSSR count). The molecule has 0 aromatic heterocycles. The molecular formula is C15H28O3Si. The van der Waals surface area contributed by atoms with Crippen LogP contribution in [0.15, 0.2) is 12.2 Å². The first-order valence-electron chi connectivity index (χ1n) is 6.91. The molecule has 0 N–H and O–H groups in total. The van der Waals surface area contributed by atoms with Crippen LogP contribution in [-0.4, -0.2) is 31.9 Å². The largest absolute Gasteiger partial charge is 0.404 e. The molecule has 0 radical (unpaired) electrons. The molecule has 110 valence electrons. The Morgan fingerprint density at radius 2 is 1.63 bits per heavy atom. The monoisotopic (exact) mass is 284 g/mol. The van der Waals surface area contributed by atoms with Crippen LogP contribution in [0, 0.1) is 0 Å². The first kappa shape index (κ1) is 16.6. The maximum absolute atomic E-state index is 12.0. The van der Waals surface area contributed by atoms with Gasteiger partial charge in [-0.2, -0.15) is 0 Å². The summed E-state index contributed by atoms with van der Waals surface area (Å²) in [5.74, 6) is 0.0269. The fourth-order valence-corrected chi connectivity index (χ4v) is 2.91. The molecule has 1 aliphatic rings. The highest BCUT2D eigenvalue weighted by molar-refractivity contribution is 6.74. The second-order valence-electron chi connectivity index (χ2n) is 7.76. The van der Waals surface area contributed by atoms with E-state index < -0.39 is 14.4 Å². The van der Waals surface area contributed by atoms with Gasteiger partial charge in [-0.15, -0.1) is 0 Å². The van der Waals surface area contributed by atoms with Gasteiger partial charge in [-0.25, -0.2) is 0 Å². The van der Waals surface area contributed by atoms with Crippen LogP contribution >= 0.6 is 0 Å². The number of ether oxygens (including phenoxy) is 1. The molecule has 19 heavy (non-hydrogen) atoms. The smallest absolute Gasteiger partial charge is 0.193 e. The van der Waals surface area contributed by atoms with E-state index in [1.54, 1.807) is 6.08 Å².